The van der Waals surface area contributed by atoms with E-state index in [2.05, 4.69) is 54.2 Å². The van der Waals surface area contributed by atoms with E-state index >= 15 is 0 Å². The number of nitrogens with zero attached hydrogens (tertiary/aromatic N) is 2. The summed E-state index contributed by atoms with van der Waals surface area (Å²) in [5.74, 6) is 0. The molecule has 3 aromatic rings. The van der Waals surface area contributed by atoms with Crippen LogP contribution in [-0.2, 0) is 26.4 Å². The van der Waals surface area contributed by atoms with Gasteiger partial charge >= 0.3 is 6.03 Å². The lowest BCUT2D eigenvalue weighted by atomic mass is 10.0. The monoisotopic (exact) mass is 333 g/mol. The zero-order chi connectivity index (χ0) is 17.4. The molecule has 1 aromatic heterocycles. The van der Waals surface area contributed by atoms with Crippen molar-refractivity contribution in [2.75, 3.05) is 11.9 Å². The molecular formula is C21H23N3O. The van der Waals surface area contributed by atoms with Gasteiger partial charge in [0.05, 0.1) is 0 Å². The van der Waals surface area contributed by atoms with E-state index in [0.717, 1.165) is 25.1 Å². The number of benzene rings is 2. The number of carbonyl (C=O) groups excluding carboxylic acids is 1. The average molecular weight is 333 g/mol. The lowest BCUT2D eigenvalue weighted by molar-refractivity contribution is 0.206. The van der Waals surface area contributed by atoms with Crippen LogP contribution < -0.4 is 5.32 Å². The minimum Gasteiger partial charge on any atom is -0.347 e. The molecule has 2 heterocycles. The van der Waals surface area contributed by atoms with Crippen molar-refractivity contribution in [2.45, 2.75) is 26.3 Å². The van der Waals surface area contributed by atoms with Crippen LogP contribution in [0.15, 0.2) is 48.5 Å². The summed E-state index contributed by atoms with van der Waals surface area (Å²) in [5, 5.41) is 4.35. The van der Waals surface area contributed by atoms with Crippen molar-refractivity contribution in [2.24, 2.45) is 7.05 Å². The van der Waals surface area contributed by atoms with E-state index in [1.807, 2.05) is 23.1 Å². The number of aromatic nitrogens is 1. The van der Waals surface area contributed by atoms with Crippen LogP contribution in [0.3, 0.4) is 0 Å². The Morgan fingerprint density at radius 1 is 1.12 bits per heavy atom. The molecule has 0 bridgehead atoms. The first-order valence-corrected chi connectivity index (χ1v) is 8.88. The Morgan fingerprint density at radius 3 is 2.72 bits per heavy atom. The van der Waals surface area contributed by atoms with Gasteiger partial charge in [-0.2, -0.15) is 0 Å². The maximum atomic E-state index is 12.8. The van der Waals surface area contributed by atoms with E-state index in [-0.39, 0.29) is 6.03 Å². The van der Waals surface area contributed by atoms with Gasteiger partial charge in [-0.05, 0) is 24.1 Å². The highest BCUT2D eigenvalue weighted by Crippen LogP contribution is 2.30. The second-order valence-electron chi connectivity index (χ2n) is 6.61. The Labute approximate surface area is 148 Å². The molecule has 0 saturated carbocycles. The fraction of sp³-hybridized carbons (Fsp3) is 0.286. The number of hydrogen-bond acceptors (Lipinski definition) is 1. The van der Waals surface area contributed by atoms with E-state index in [1.54, 1.807) is 0 Å². The van der Waals surface area contributed by atoms with Crippen molar-refractivity contribution in [1.82, 2.24) is 9.47 Å². The molecule has 4 rings (SSSR count). The first-order valence-electron chi connectivity index (χ1n) is 8.88. The summed E-state index contributed by atoms with van der Waals surface area (Å²) in [4.78, 5) is 14.7. The molecule has 2 aromatic carbocycles. The van der Waals surface area contributed by atoms with Gasteiger partial charge in [0.15, 0.2) is 0 Å². The molecule has 1 N–H and O–H groups in total. The Kier molecular flexibility index (Phi) is 3.96. The first-order chi connectivity index (χ1) is 12.2. The van der Waals surface area contributed by atoms with Crippen LogP contribution in [0.5, 0.6) is 0 Å². The zero-order valence-electron chi connectivity index (χ0n) is 14.7. The van der Waals surface area contributed by atoms with Crippen molar-refractivity contribution in [3.8, 4) is 0 Å². The lowest BCUT2D eigenvalue weighted by Crippen LogP contribution is -2.39. The molecule has 1 aliphatic heterocycles. The predicted molar refractivity (Wildman–Crippen MR) is 102 cm³/mol. The molecule has 0 fully saturated rings. The minimum absolute atomic E-state index is 0.0144. The SMILES string of the molecule is CCc1ccccc1NC(=O)N1CCc2c(c3ccccc3n2C)C1. The summed E-state index contributed by atoms with van der Waals surface area (Å²) in [5.41, 5.74) is 5.95. The molecule has 0 spiro atoms. The van der Waals surface area contributed by atoms with Crippen molar-refractivity contribution in [3.63, 3.8) is 0 Å². The summed E-state index contributed by atoms with van der Waals surface area (Å²) in [7, 11) is 2.12. The standard InChI is InChI=1S/C21H23N3O/c1-3-15-8-4-6-10-18(15)22-21(25)24-13-12-20-17(14-24)16-9-5-7-11-19(16)23(20)2/h4-11H,3,12-14H2,1-2H3,(H,22,25). The van der Waals surface area contributed by atoms with Gasteiger partial charge in [0.1, 0.15) is 0 Å². The molecule has 0 radical (unpaired) electrons. The molecule has 0 unspecified atom stereocenters. The number of amides is 2. The van der Waals surface area contributed by atoms with Gasteiger partial charge in [0, 0.05) is 54.4 Å². The minimum atomic E-state index is -0.0144. The largest absolute Gasteiger partial charge is 0.347 e. The van der Waals surface area contributed by atoms with Crippen LogP contribution in [0.4, 0.5) is 10.5 Å². The number of para-hydroxylation sites is 2. The number of urea groups is 1. The molecule has 128 valence electrons. The molecule has 4 heteroatoms. The summed E-state index contributed by atoms with van der Waals surface area (Å²) in [6.07, 6.45) is 1.80. The van der Waals surface area contributed by atoms with Crippen LogP contribution in [0, 0.1) is 0 Å². The fourth-order valence-electron chi connectivity index (χ4n) is 3.85. The Balaban J connectivity index is 1.60. The maximum absolute atomic E-state index is 12.8. The van der Waals surface area contributed by atoms with Crippen LogP contribution in [0.1, 0.15) is 23.7 Å². The number of hydrogen-bond donors (Lipinski definition) is 1. The summed E-state index contributed by atoms with van der Waals surface area (Å²) in [6, 6.07) is 16.4. The van der Waals surface area contributed by atoms with Gasteiger partial charge in [0.2, 0.25) is 0 Å². The summed E-state index contributed by atoms with van der Waals surface area (Å²) in [6.45, 7) is 3.52. The first kappa shape index (κ1) is 15.8. The van der Waals surface area contributed by atoms with Crippen LogP contribution in [0.2, 0.25) is 0 Å². The topological polar surface area (TPSA) is 37.3 Å². The van der Waals surface area contributed by atoms with Gasteiger partial charge in [0.25, 0.3) is 0 Å². The molecule has 0 atom stereocenters. The highest BCUT2D eigenvalue weighted by molar-refractivity contribution is 5.91. The summed E-state index contributed by atoms with van der Waals surface area (Å²) < 4.78 is 2.27. The van der Waals surface area contributed by atoms with E-state index in [0.29, 0.717) is 6.54 Å². The van der Waals surface area contributed by atoms with Crippen molar-refractivity contribution < 1.29 is 4.79 Å². The second-order valence-corrected chi connectivity index (χ2v) is 6.61. The molecule has 2 amide bonds. The van der Waals surface area contributed by atoms with Crippen molar-refractivity contribution >= 4 is 22.6 Å². The number of rotatable bonds is 2. The Hall–Kier alpha value is -2.75. The Bertz CT molecular complexity index is 941. The number of anilines is 1. The smallest absolute Gasteiger partial charge is 0.322 e. The zero-order valence-corrected chi connectivity index (χ0v) is 14.7. The average Bonchev–Trinajstić information content (AvgIpc) is 2.94. The fourth-order valence-corrected chi connectivity index (χ4v) is 3.85. The quantitative estimate of drug-likeness (QED) is 0.744. The van der Waals surface area contributed by atoms with E-state index in [1.165, 1.54) is 27.7 Å². The van der Waals surface area contributed by atoms with Gasteiger partial charge < -0.3 is 14.8 Å². The molecular weight excluding hydrogens is 310 g/mol. The second kappa shape index (κ2) is 6.28. The van der Waals surface area contributed by atoms with Gasteiger partial charge in [-0.1, -0.05) is 43.3 Å². The van der Waals surface area contributed by atoms with Gasteiger partial charge in [-0.3, -0.25) is 0 Å². The highest BCUT2D eigenvalue weighted by Gasteiger charge is 2.25. The van der Waals surface area contributed by atoms with E-state index < -0.39 is 0 Å². The molecule has 0 saturated heterocycles. The van der Waals surface area contributed by atoms with Gasteiger partial charge in [-0.25, -0.2) is 4.79 Å². The van der Waals surface area contributed by atoms with Crippen LogP contribution in [-0.4, -0.2) is 22.0 Å². The third-order valence-electron chi connectivity index (χ3n) is 5.24. The third-order valence-corrected chi connectivity index (χ3v) is 5.24. The van der Waals surface area contributed by atoms with Crippen LogP contribution >= 0.6 is 0 Å². The predicted octanol–water partition coefficient (Wildman–Crippen LogP) is 4.33. The Morgan fingerprint density at radius 2 is 1.88 bits per heavy atom. The molecule has 1 aliphatic rings. The number of aryl methyl sites for hydroxylation is 2. The van der Waals surface area contributed by atoms with Crippen molar-refractivity contribution in [1.29, 1.82) is 0 Å². The number of fused-ring (bicyclic) bond motifs is 3. The molecule has 0 aliphatic carbocycles. The van der Waals surface area contributed by atoms with E-state index in [9.17, 15) is 4.79 Å². The number of carbonyl (C=O) groups is 1. The normalized spacial score (nSPS) is 13.8. The maximum Gasteiger partial charge on any atom is 0.322 e. The molecule has 4 nitrogen and oxygen atoms in total. The molecule has 25 heavy (non-hydrogen) atoms. The van der Waals surface area contributed by atoms with Crippen molar-refractivity contribution in [3.05, 3.63) is 65.4 Å². The van der Waals surface area contributed by atoms with Gasteiger partial charge in [-0.15, -0.1) is 0 Å². The lowest BCUT2D eigenvalue weighted by Gasteiger charge is -2.28. The number of nitrogens with one attached hydrogen (secondary N) is 1. The highest BCUT2D eigenvalue weighted by atomic mass is 16.2. The summed E-state index contributed by atoms with van der Waals surface area (Å²) >= 11 is 0. The van der Waals surface area contributed by atoms with Crippen LogP contribution in [0.25, 0.3) is 10.9 Å². The van der Waals surface area contributed by atoms with E-state index in [4.69, 9.17) is 0 Å². The third kappa shape index (κ3) is 2.68.